The Hall–Kier alpha value is -1.83. The summed E-state index contributed by atoms with van der Waals surface area (Å²) in [4.78, 5) is 17.7. The maximum atomic E-state index is 12.8. The maximum absolute atomic E-state index is 12.8. The SMILES string of the molecule is COc1ccc(C(=O)NCC2(N3CCOCC3)CCN(C)CC2)cc1OC. The minimum Gasteiger partial charge on any atom is -0.493 e. The van der Waals surface area contributed by atoms with Crippen LogP contribution in [0.15, 0.2) is 18.2 Å². The highest BCUT2D eigenvalue weighted by Crippen LogP contribution is 2.30. The highest BCUT2D eigenvalue weighted by molar-refractivity contribution is 5.94. The summed E-state index contributed by atoms with van der Waals surface area (Å²) >= 11 is 0. The average Bonchev–Trinajstić information content (AvgIpc) is 2.73. The summed E-state index contributed by atoms with van der Waals surface area (Å²) in [5.41, 5.74) is 0.584. The molecule has 1 amide bonds. The van der Waals surface area contributed by atoms with Gasteiger partial charge in [0.2, 0.25) is 0 Å². The molecule has 0 saturated carbocycles. The van der Waals surface area contributed by atoms with Crippen LogP contribution in [0.3, 0.4) is 0 Å². The zero-order chi connectivity index (χ0) is 19.3. The topological polar surface area (TPSA) is 63.3 Å². The molecule has 1 N–H and O–H groups in total. The van der Waals surface area contributed by atoms with Crippen molar-refractivity contribution >= 4 is 5.91 Å². The first kappa shape index (κ1) is 19.9. The number of carbonyl (C=O) groups is 1. The molecule has 0 bridgehead atoms. The van der Waals surface area contributed by atoms with E-state index in [0.29, 0.717) is 23.6 Å². The number of hydrogen-bond donors (Lipinski definition) is 1. The van der Waals surface area contributed by atoms with E-state index in [1.807, 2.05) is 0 Å². The van der Waals surface area contributed by atoms with Crippen LogP contribution in [0.5, 0.6) is 11.5 Å². The summed E-state index contributed by atoms with van der Waals surface area (Å²) in [6.07, 6.45) is 2.10. The van der Waals surface area contributed by atoms with Crippen molar-refractivity contribution in [3.8, 4) is 11.5 Å². The lowest BCUT2D eigenvalue weighted by Crippen LogP contribution is -2.62. The number of rotatable bonds is 6. The fourth-order valence-corrected chi connectivity index (χ4v) is 4.00. The molecule has 27 heavy (non-hydrogen) atoms. The van der Waals surface area contributed by atoms with Gasteiger partial charge in [0.15, 0.2) is 11.5 Å². The van der Waals surface area contributed by atoms with Gasteiger partial charge >= 0.3 is 0 Å². The second-order valence-corrected chi connectivity index (χ2v) is 7.38. The quantitative estimate of drug-likeness (QED) is 0.805. The predicted molar refractivity (Wildman–Crippen MR) is 104 cm³/mol. The fourth-order valence-electron chi connectivity index (χ4n) is 4.00. The van der Waals surface area contributed by atoms with Crippen LogP contribution in [0.4, 0.5) is 0 Å². The van der Waals surface area contributed by atoms with Gasteiger partial charge < -0.3 is 24.4 Å². The summed E-state index contributed by atoms with van der Waals surface area (Å²) < 4.78 is 16.1. The number of hydrogen-bond acceptors (Lipinski definition) is 6. The van der Waals surface area contributed by atoms with E-state index in [2.05, 4.69) is 22.2 Å². The highest BCUT2D eigenvalue weighted by Gasteiger charge is 2.40. The molecule has 2 heterocycles. The molecule has 1 aromatic rings. The number of piperidine rings is 1. The van der Waals surface area contributed by atoms with Gasteiger partial charge in [-0.25, -0.2) is 0 Å². The minimum absolute atomic E-state index is 0.00249. The summed E-state index contributed by atoms with van der Waals surface area (Å²) in [5.74, 6) is 1.10. The molecule has 0 radical (unpaired) electrons. The first-order chi connectivity index (χ1) is 13.1. The lowest BCUT2D eigenvalue weighted by molar-refractivity contribution is -0.0439. The Labute approximate surface area is 161 Å². The molecular weight excluding hydrogens is 346 g/mol. The van der Waals surface area contributed by atoms with Crippen LogP contribution in [0, 0.1) is 0 Å². The molecule has 3 rings (SSSR count). The molecule has 2 aliphatic heterocycles. The van der Waals surface area contributed by atoms with E-state index < -0.39 is 0 Å². The molecule has 0 aromatic heterocycles. The molecule has 7 nitrogen and oxygen atoms in total. The first-order valence-electron chi connectivity index (χ1n) is 9.59. The molecule has 0 unspecified atom stereocenters. The van der Waals surface area contributed by atoms with Gasteiger partial charge in [-0.2, -0.15) is 0 Å². The standard InChI is InChI=1S/C20H31N3O4/c1-22-8-6-20(7-9-22,23-10-12-27-13-11-23)15-21-19(24)16-4-5-17(25-2)18(14-16)26-3/h4-5,14H,6-13,15H2,1-3H3,(H,21,24). The molecular formula is C20H31N3O4. The van der Waals surface area contributed by atoms with Gasteiger partial charge in [-0.1, -0.05) is 0 Å². The molecule has 150 valence electrons. The normalized spacial score (nSPS) is 20.9. The number of morpholine rings is 1. The van der Waals surface area contributed by atoms with Crippen LogP contribution < -0.4 is 14.8 Å². The van der Waals surface area contributed by atoms with Crippen LogP contribution in [-0.2, 0) is 4.74 Å². The Bertz CT molecular complexity index is 638. The Kier molecular flexibility index (Phi) is 6.57. The Balaban J connectivity index is 1.70. The van der Waals surface area contributed by atoms with Crippen molar-refractivity contribution in [3.05, 3.63) is 23.8 Å². The van der Waals surface area contributed by atoms with Crippen LogP contribution in [0.1, 0.15) is 23.2 Å². The lowest BCUT2D eigenvalue weighted by Gasteiger charge is -2.49. The molecule has 2 saturated heterocycles. The van der Waals surface area contributed by atoms with Crippen molar-refractivity contribution in [2.24, 2.45) is 0 Å². The smallest absolute Gasteiger partial charge is 0.251 e. The van der Waals surface area contributed by atoms with Crippen molar-refractivity contribution in [2.75, 3.05) is 67.2 Å². The number of likely N-dealkylation sites (tertiary alicyclic amines) is 1. The molecule has 1 aromatic carbocycles. The number of nitrogens with zero attached hydrogens (tertiary/aromatic N) is 2. The minimum atomic E-state index is -0.0810. The zero-order valence-electron chi connectivity index (χ0n) is 16.6. The number of ether oxygens (including phenoxy) is 3. The Morgan fingerprint density at radius 2 is 1.78 bits per heavy atom. The molecule has 7 heteroatoms. The third-order valence-corrected chi connectivity index (χ3v) is 5.82. The van der Waals surface area contributed by atoms with Crippen molar-refractivity contribution < 1.29 is 19.0 Å². The average molecular weight is 377 g/mol. The van der Waals surface area contributed by atoms with E-state index in [9.17, 15) is 4.79 Å². The van der Waals surface area contributed by atoms with Gasteiger partial charge in [0.05, 0.1) is 27.4 Å². The van der Waals surface area contributed by atoms with Crippen LogP contribution in [0.25, 0.3) is 0 Å². The highest BCUT2D eigenvalue weighted by atomic mass is 16.5. The van der Waals surface area contributed by atoms with Crippen LogP contribution in [-0.4, -0.2) is 88.5 Å². The van der Waals surface area contributed by atoms with E-state index >= 15 is 0 Å². The number of benzene rings is 1. The van der Waals surface area contributed by atoms with Gasteiger partial charge in [0, 0.05) is 30.7 Å². The fraction of sp³-hybridized carbons (Fsp3) is 0.650. The van der Waals surface area contributed by atoms with E-state index in [4.69, 9.17) is 14.2 Å². The summed E-state index contributed by atoms with van der Waals surface area (Å²) in [5, 5.41) is 3.17. The maximum Gasteiger partial charge on any atom is 0.251 e. The van der Waals surface area contributed by atoms with Crippen LogP contribution >= 0.6 is 0 Å². The summed E-state index contributed by atoms with van der Waals surface area (Å²) in [7, 11) is 5.32. The van der Waals surface area contributed by atoms with Gasteiger partial charge in [-0.3, -0.25) is 9.69 Å². The Morgan fingerprint density at radius 1 is 1.11 bits per heavy atom. The van der Waals surface area contributed by atoms with E-state index in [-0.39, 0.29) is 11.4 Å². The monoisotopic (exact) mass is 377 g/mol. The predicted octanol–water partition coefficient (Wildman–Crippen LogP) is 1.23. The van der Waals surface area contributed by atoms with Crippen molar-refractivity contribution in [1.29, 1.82) is 0 Å². The molecule has 0 atom stereocenters. The van der Waals surface area contributed by atoms with E-state index in [1.165, 1.54) is 0 Å². The first-order valence-corrected chi connectivity index (χ1v) is 9.59. The van der Waals surface area contributed by atoms with E-state index in [1.54, 1.807) is 32.4 Å². The second-order valence-electron chi connectivity index (χ2n) is 7.38. The molecule has 0 spiro atoms. The molecule has 2 aliphatic rings. The Morgan fingerprint density at radius 3 is 2.41 bits per heavy atom. The third kappa shape index (κ3) is 4.54. The number of carbonyl (C=O) groups excluding carboxylic acids is 1. The third-order valence-electron chi connectivity index (χ3n) is 5.82. The largest absolute Gasteiger partial charge is 0.493 e. The van der Waals surface area contributed by atoms with Crippen molar-refractivity contribution in [3.63, 3.8) is 0 Å². The number of nitrogens with one attached hydrogen (secondary N) is 1. The van der Waals surface area contributed by atoms with Crippen molar-refractivity contribution in [1.82, 2.24) is 15.1 Å². The van der Waals surface area contributed by atoms with Gasteiger partial charge in [-0.15, -0.1) is 0 Å². The molecule has 2 fully saturated rings. The molecule has 0 aliphatic carbocycles. The van der Waals surface area contributed by atoms with E-state index in [0.717, 1.165) is 52.2 Å². The number of methoxy groups -OCH3 is 2. The summed E-state index contributed by atoms with van der Waals surface area (Å²) in [6.45, 7) is 6.12. The summed E-state index contributed by atoms with van der Waals surface area (Å²) in [6, 6.07) is 5.26. The lowest BCUT2D eigenvalue weighted by atomic mass is 9.85. The zero-order valence-corrected chi connectivity index (χ0v) is 16.6. The second kappa shape index (κ2) is 8.91. The van der Waals surface area contributed by atoms with Gasteiger partial charge in [0.1, 0.15) is 0 Å². The number of amides is 1. The van der Waals surface area contributed by atoms with Gasteiger partial charge in [-0.05, 0) is 51.2 Å². The van der Waals surface area contributed by atoms with Crippen molar-refractivity contribution in [2.45, 2.75) is 18.4 Å². The van der Waals surface area contributed by atoms with Crippen LogP contribution in [0.2, 0.25) is 0 Å². The van der Waals surface area contributed by atoms with Gasteiger partial charge in [0.25, 0.3) is 5.91 Å².